The summed E-state index contributed by atoms with van der Waals surface area (Å²) in [6.07, 6.45) is 100. The van der Waals surface area contributed by atoms with Crippen LogP contribution in [0, 0.1) is 23.7 Å². The molecule has 1 aliphatic rings. The number of carbonyl (C=O) groups is 1. The summed E-state index contributed by atoms with van der Waals surface area (Å²) >= 11 is 0. The van der Waals surface area contributed by atoms with Crippen LogP contribution in [0.5, 0.6) is 0 Å². The maximum Gasteiger partial charge on any atom is 0.309 e. The third-order valence-corrected chi connectivity index (χ3v) is 21.8. The van der Waals surface area contributed by atoms with E-state index in [4.69, 9.17) is 0 Å². The van der Waals surface area contributed by atoms with E-state index in [9.17, 15) is 20.1 Å². The van der Waals surface area contributed by atoms with Gasteiger partial charge >= 0.3 is 5.97 Å². The molecule has 3 N–H and O–H groups in total. The van der Waals surface area contributed by atoms with Crippen molar-refractivity contribution in [3.8, 4) is 0 Å². The van der Waals surface area contributed by atoms with Crippen molar-refractivity contribution in [2.75, 3.05) is 0 Å². The molecule has 88 heavy (non-hydrogen) atoms. The van der Waals surface area contributed by atoms with Crippen molar-refractivity contribution in [2.24, 2.45) is 23.7 Å². The number of carboxylic acids is 1. The van der Waals surface area contributed by atoms with Gasteiger partial charge < -0.3 is 15.3 Å². The molecule has 0 aromatic carbocycles. The highest BCUT2D eigenvalue weighted by Crippen LogP contribution is 2.46. The quantitative estimate of drug-likeness (QED) is 0.0530. The minimum absolute atomic E-state index is 0.0806. The Kier molecular flexibility index (Phi) is 68.6. The number of rotatable bonds is 78. The van der Waals surface area contributed by atoms with Crippen LogP contribution in [0.2, 0.25) is 0 Å². The van der Waals surface area contributed by atoms with E-state index in [1.807, 2.05) is 0 Å². The van der Waals surface area contributed by atoms with Crippen molar-refractivity contribution in [3.63, 3.8) is 0 Å². The minimum atomic E-state index is -0.799. The van der Waals surface area contributed by atoms with Crippen LogP contribution in [-0.2, 0) is 4.79 Å². The molecule has 0 amide bonds. The summed E-state index contributed by atoms with van der Waals surface area (Å²) in [5.74, 6) is 1.25. The zero-order chi connectivity index (χ0) is 63.4. The third-order valence-electron chi connectivity index (χ3n) is 21.8. The smallest absolute Gasteiger partial charge is 0.309 e. The van der Waals surface area contributed by atoms with Crippen LogP contribution in [-0.4, -0.2) is 33.5 Å². The number of hydrogen-bond acceptors (Lipinski definition) is 3. The summed E-state index contributed by atoms with van der Waals surface area (Å²) in [7, 11) is 0. The largest absolute Gasteiger partial charge is 0.481 e. The standard InChI is InChI=1S/C84H166O4/c1-4-6-8-10-12-14-16-18-20-22-23-24-25-26-27-32-38-44-50-56-62-68-74-81(84(87)88)83(86)76-70-64-58-52-46-40-34-37-43-49-55-61-67-73-80-77-79(80)72-66-60-54-48-42-36-31-28-29-33-39-45-51-57-63-69-75-82(85)78(3)71-65-59-53-47-41-35-30-21-19-17-15-13-11-9-7-5-2/h78-83,85-86H,4-77H2,1-3H3,(H,87,88)/t78-,79+,80-,81+,82-,83+/m0/s1. The van der Waals surface area contributed by atoms with Crippen LogP contribution in [0.3, 0.4) is 0 Å². The first kappa shape index (κ1) is 85.4. The van der Waals surface area contributed by atoms with Crippen molar-refractivity contribution in [2.45, 2.75) is 508 Å². The lowest BCUT2D eigenvalue weighted by molar-refractivity contribution is -0.146. The summed E-state index contributed by atoms with van der Waals surface area (Å²) in [5, 5.41) is 31.3. The van der Waals surface area contributed by atoms with E-state index in [0.29, 0.717) is 18.8 Å². The molecule has 0 radical (unpaired) electrons. The second-order valence-electron chi connectivity index (χ2n) is 30.5. The molecule has 1 saturated carbocycles. The van der Waals surface area contributed by atoms with Gasteiger partial charge in [0.05, 0.1) is 18.1 Å². The van der Waals surface area contributed by atoms with E-state index < -0.39 is 18.0 Å². The molecule has 0 aliphatic heterocycles. The van der Waals surface area contributed by atoms with Gasteiger partial charge in [0.15, 0.2) is 0 Å². The van der Waals surface area contributed by atoms with Gasteiger partial charge in [-0.3, -0.25) is 4.79 Å². The Bertz CT molecular complexity index is 1320. The average Bonchev–Trinajstić information content (AvgIpc) is 4.30. The summed E-state index contributed by atoms with van der Waals surface area (Å²) in [4.78, 5) is 12.0. The Labute approximate surface area is 555 Å². The fourth-order valence-corrected chi connectivity index (χ4v) is 15.1. The van der Waals surface area contributed by atoms with Crippen LogP contribution < -0.4 is 0 Å². The van der Waals surface area contributed by atoms with Crippen LogP contribution in [0.1, 0.15) is 496 Å². The van der Waals surface area contributed by atoms with Gasteiger partial charge in [0.25, 0.3) is 0 Å². The monoisotopic (exact) mass is 1240 g/mol. The predicted octanol–water partition coefficient (Wildman–Crippen LogP) is 29.2. The Morgan fingerprint density at radius 3 is 0.670 bits per heavy atom. The van der Waals surface area contributed by atoms with Gasteiger partial charge in [-0.05, 0) is 49.9 Å². The summed E-state index contributed by atoms with van der Waals surface area (Å²) in [6.45, 7) is 6.89. The molecule has 1 rings (SSSR count). The van der Waals surface area contributed by atoms with E-state index in [2.05, 4.69) is 20.8 Å². The summed E-state index contributed by atoms with van der Waals surface area (Å²) in [6, 6.07) is 0. The molecule has 0 aromatic rings. The first-order valence-electron chi connectivity index (χ1n) is 42.0. The third kappa shape index (κ3) is 62.8. The molecular formula is C84H166O4. The SMILES string of the molecule is CCCCCCCCCCCCCCCCCCCCCCCC[C@@H](C(=O)O)[C@H](O)CCCCCCCCCCCCCCC[C@H]1C[C@H]1CCCCCCCCCCCCCCCCCC[C@H](O)[C@@H](C)CCCCCCCCCCCCCCCCCC. The van der Waals surface area contributed by atoms with Crippen molar-refractivity contribution < 1.29 is 20.1 Å². The number of aliphatic carboxylic acids is 1. The fourth-order valence-electron chi connectivity index (χ4n) is 15.1. The highest BCUT2D eigenvalue weighted by molar-refractivity contribution is 5.70. The lowest BCUT2D eigenvalue weighted by Gasteiger charge is -2.19. The fraction of sp³-hybridized carbons (Fsp3) is 0.988. The topological polar surface area (TPSA) is 77.8 Å². The van der Waals surface area contributed by atoms with Crippen molar-refractivity contribution in [3.05, 3.63) is 0 Å². The van der Waals surface area contributed by atoms with Crippen molar-refractivity contribution in [1.82, 2.24) is 0 Å². The highest BCUT2D eigenvalue weighted by atomic mass is 16.4. The van der Waals surface area contributed by atoms with E-state index in [1.165, 1.54) is 430 Å². The highest BCUT2D eigenvalue weighted by Gasteiger charge is 2.35. The van der Waals surface area contributed by atoms with Crippen LogP contribution in [0.15, 0.2) is 0 Å². The minimum Gasteiger partial charge on any atom is -0.481 e. The molecule has 6 atom stereocenters. The van der Waals surface area contributed by atoms with E-state index in [1.54, 1.807) is 0 Å². The van der Waals surface area contributed by atoms with Crippen molar-refractivity contribution >= 4 is 5.97 Å². The number of unbranched alkanes of at least 4 members (excludes halogenated alkanes) is 63. The van der Waals surface area contributed by atoms with Crippen molar-refractivity contribution in [1.29, 1.82) is 0 Å². The molecule has 0 unspecified atom stereocenters. The second kappa shape index (κ2) is 70.7. The van der Waals surface area contributed by atoms with E-state index in [0.717, 1.165) is 43.9 Å². The molecule has 1 fully saturated rings. The molecule has 0 saturated heterocycles. The molecule has 4 nitrogen and oxygen atoms in total. The predicted molar refractivity (Wildman–Crippen MR) is 392 cm³/mol. The van der Waals surface area contributed by atoms with Gasteiger partial charge in [0, 0.05) is 0 Å². The second-order valence-corrected chi connectivity index (χ2v) is 30.5. The molecule has 0 spiro atoms. The lowest BCUT2D eigenvalue weighted by atomic mass is 9.91. The van der Waals surface area contributed by atoms with Gasteiger partial charge in [0.1, 0.15) is 0 Å². The molecule has 1 aliphatic carbocycles. The Morgan fingerprint density at radius 2 is 0.443 bits per heavy atom. The average molecular weight is 1240 g/mol. The summed E-state index contributed by atoms with van der Waals surface area (Å²) in [5.41, 5.74) is 0. The lowest BCUT2D eigenvalue weighted by Crippen LogP contribution is -2.28. The summed E-state index contributed by atoms with van der Waals surface area (Å²) < 4.78 is 0. The maximum atomic E-state index is 12.0. The van der Waals surface area contributed by atoms with Crippen LogP contribution in [0.4, 0.5) is 0 Å². The molecule has 0 aromatic heterocycles. The maximum absolute atomic E-state index is 12.0. The van der Waals surface area contributed by atoms with Gasteiger partial charge in [-0.25, -0.2) is 0 Å². The van der Waals surface area contributed by atoms with Crippen LogP contribution >= 0.6 is 0 Å². The molecule has 526 valence electrons. The Hall–Kier alpha value is -0.610. The van der Waals surface area contributed by atoms with Gasteiger partial charge in [-0.2, -0.15) is 0 Å². The first-order chi connectivity index (χ1) is 43.4. The zero-order valence-electron chi connectivity index (χ0n) is 61.0. The molecular weight excluding hydrogens is 1070 g/mol. The zero-order valence-corrected chi connectivity index (χ0v) is 61.0. The molecule has 4 heteroatoms. The number of aliphatic hydroxyl groups is 2. The van der Waals surface area contributed by atoms with Gasteiger partial charge in [0.2, 0.25) is 0 Å². The normalized spacial score (nSPS) is 15.6. The number of hydrogen-bond donors (Lipinski definition) is 3. The Balaban J connectivity index is 1.75. The van der Waals surface area contributed by atoms with Gasteiger partial charge in [-0.1, -0.05) is 464 Å². The number of aliphatic hydroxyl groups excluding tert-OH is 2. The molecule has 0 bridgehead atoms. The number of carboxylic acid groups (broad SMARTS) is 1. The molecule has 0 heterocycles. The first-order valence-corrected chi connectivity index (χ1v) is 42.0. The van der Waals surface area contributed by atoms with Crippen LogP contribution in [0.25, 0.3) is 0 Å². The van der Waals surface area contributed by atoms with E-state index in [-0.39, 0.29) is 6.10 Å². The Morgan fingerprint density at radius 1 is 0.261 bits per heavy atom. The van der Waals surface area contributed by atoms with E-state index >= 15 is 0 Å². The van der Waals surface area contributed by atoms with Gasteiger partial charge in [-0.15, -0.1) is 0 Å².